The topological polar surface area (TPSA) is 68.3 Å². The number of fused-ring (bicyclic) bond motifs is 2. The van der Waals surface area contributed by atoms with Gasteiger partial charge in [-0.2, -0.15) is 0 Å². The molecule has 0 bridgehead atoms. The van der Waals surface area contributed by atoms with Gasteiger partial charge in [0.15, 0.2) is 0 Å². The maximum Gasteiger partial charge on any atom is 0.328 e. The van der Waals surface area contributed by atoms with Crippen LogP contribution in [0, 0.1) is 0 Å². The minimum atomic E-state index is -0.972. The second kappa shape index (κ2) is 8.92. The van der Waals surface area contributed by atoms with Gasteiger partial charge in [0.2, 0.25) is 0 Å². The van der Waals surface area contributed by atoms with Gasteiger partial charge in [-0.05, 0) is 29.8 Å². The number of rotatable bonds is 5. The lowest BCUT2D eigenvalue weighted by Crippen LogP contribution is -2.43. The number of halogens is 2. The number of carbonyl (C=O) groups is 2. The first-order chi connectivity index (χ1) is 15.0. The molecule has 4 rings (SSSR count). The molecule has 1 N–H and O–H groups in total. The Labute approximate surface area is 188 Å². The van der Waals surface area contributed by atoms with Gasteiger partial charge < -0.3 is 10.1 Å². The quantitative estimate of drug-likeness (QED) is 0.333. The zero-order chi connectivity index (χ0) is 22.0. The molecule has 4 aromatic rings. The lowest BCUT2D eigenvalue weighted by Gasteiger charge is -2.19. The van der Waals surface area contributed by atoms with E-state index in [0.29, 0.717) is 43.0 Å². The summed E-state index contributed by atoms with van der Waals surface area (Å²) in [5.41, 5.74) is 2.39. The molecular weight excluding hydrogens is 435 g/mol. The number of hydrogen-bond donors (Lipinski definition) is 1. The van der Waals surface area contributed by atoms with Crippen molar-refractivity contribution in [3.63, 3.8) is 0 Å². The molecule has 0 saturated carbocycles. The van der Waals surface area contributed by atoms with Gasteiger partial charge in [-0.3, -0.25) is 4.79 Å². The summed E-state index contributed by atoms with van der Waals surface area (Å²) in [6.45, 7) is 0. The van der Waals surface area contributed by atoms with E-state index in [2.05, 4.69) is 10.3 Å². The molecule has 1 aromatic heterocycles. The third-order valence-electron chi connectivity index (χ3n) is 5.08. The predicted octanol–water partition coefficient (Wildman–Crippen LogP) is 5.21. The molecule has 31 heavy (non-hydrogen) atoms. The number of hydrogen-bond acceptors (Lipinski definition) is 4. The van der Waals surface area contributed by atoms with Crippen LogP contribution in [-0.2, 0) is 16.0 Å². The van der Waals surface area contributed by atoms with Crippen LogP contribution in [0.4, 0.5) is 0 Å². The number of nitrogens with zero attached hydrogens (tertiary/aromatic N) is 1. The van der Waals surface area contributed by atoms with E-state index in [1.165, 1.54) is 7.11 Å². The number of aromatic nitrogens is 1. The minimum absolute atomic E-state index is 0.0951. The zero-order valence-corrected chi connectivity index (χ0v) is 18.1. The van der Waals surface area contributed by atoms with E-state index in [0.717, 1.165) is 0 Å². The van der Waals surface area contributed by atoms with Crippen LogP contribution in [-0.4, -0.2) is 30.0 Å². The highest BCUT2D eigenvalue weighted by molar-refractivity contribution is 6.36. The van der Waals surface area contributed by atoms with Gasteiger partial charge in [-0.25, -0.2) is 9.78 Å². The molecule has 0 saturated heterocycles. The second-order valence-electron chi connectivity index (χ2n) is 6.97. The van der Waals surface area contributed by atoms with Gasteiger partial charge in [0.05, 0.1) is 23.7 Å². The molecule has 0 spiro atoms. The number of para-hydroxylation sites is 2. The summed E-state index contributed by atoms with van der Waals surface area (Å²) < 4.78 is 4.92. The fourth-order valence-electron chi connectivity index (χ4n) is 3.58. The van der Waals surface area contributed by atoms with Crippen LogP contribution < -0.4 is 5.32 Å². The van der Waals surface area contributed by atoms with Crippen molar-refractivity contribution in [2.75, 3.05) is 7.11 Å². The van der Waals surface area contributed by atoms with Crippen molar-refractivity contribution in [3.8, 4) is 0 Å². The Kier molecular flexibility index (Phi) is 6.07. The number of pyridine rings is 1. The van der Waals surface area contributed by atoms with E-state index in [4.69, 9.17) is 27.9 Å². The van der Waals surface area contributed by atoms with Crippen LogP contribution in [0.3, 0.4) is 0 Å². The van der Waals surface area contributed by atoms with Crippen molar-refractivity contribution in [3.05, 3.63) is 87.9 Å². The highest BCUT2D eigenvalue weighted by Gasteiger charge is 2.26. The number of benzene rings is 3. The molecule has 1 amide bonds. The van der Waals surface area contributed by atoms with Crippen molar-refractivity contribution < 1.29 is 14.3 Å². The molecule has 0 unspecified atom stereocenters. The van der Waals surface area contributed by atoms with E-state index in [-0.39, 0.29) is 6.42 Å². The second-order valence-corrected chi connectivity index (χ2v) is 7.79. The van der Waals surface area contributed by atoms with Gasteiger partial charge in [0, 0.05) is 27.2 Å². The molecule has 3 aromatic carbocycles. The first-order valence-corrected chi connectivity index (χ1v) is 10.3. The number of nitrogens with one attached hydrogen (secondary N) is 1. The first-order valence-electron chi connectivity index (χ1n) is 9.58. The maximum absolute atomic E-state index is 13.5. The number of esters is 1. The van der Waals surface area contributed by atoms with Crippen molar-refractivity contribution >= 4 is 56.9 Å². The van der Waals surface area contributed by atoms with Crippen molar-refractivity contribution in [1.82, 2.24) is 10.3 Å². The molecule has 7 heteroatoms. The Morgan fingerprint density at radius 2 is 1.45 bits per heavy atom. The van der Waals surface area contributed by atoms with Crippen LogP contribution in [0.25, 0.3) is 21.8 Å². The largest absolute Gasteiger partial charge is 0.467 e. The number of ether oxygens (including phenoxy) is 1. The summed E-state index contributed by atoms with van der Waals surface area (Å²) >= 11 is 12.5. The lowest BCUT2D eigenvalue weighted by atomic mass is 10.0. The number of methoxy groups -OCH3 is 1. The summed E-state index contributed by atoms with van der Waals surface area (Å²) in [6, 6.07) is 18.9. The van der Waals surface area contributed by atoms with E-state index in [1.54, 1.807) is 18.2 Å². The highest BCUT2D eigenvalue weighted by atomic mass is 35.5. The summed E-state index contributed by atoms with van der Waals surface area (Å²) in [7, 11) is 1.27. The average molecular weight is 453 g/mol. The average Bonchev–Trinajstić information content (AvgIpc) is 2.78. The Balaban J connectivity index is 1.77. The van der Waals surface area contributed by atoms with E-state index in [9.17, 15) is 9.59 Å². The molecule has 156 valence electrons. The Morgan fingerprint density at radius 1 is 0.903 bits per heavy atom. The van der Waals surface area contributed by atoms with Gasteiger partial charge in [-0.15, -0.1) is 0 Å². The molecule has 0 aliphatic rings. The molecular formula is C24H18Cl2N2O3. The molecule has 0 radical (unpaired) electrons. The van der Waals surface area contributed by atoms with Crippen molar-refractivity contribution in [2.45, 2.75) is 12.5 Å². The maximum atomic E-state index is 13.5. The number of carbonyl (C=O) groups excluding carboxylic acids is 2. The summed E-state index contributed by atoms with van der Waals surface area (Å²) in [5, 5.41) is 5.02. The molecule has 0 fully saturated rings. The summed E-state index contributed by atoms with van der Waals surface area (Å²) in [5.74, 6) is -1.000. The third kappa shape index (κ3) is 4.20. The van der Waals surface area contributed by atoms with Crippen LogP contribution in [0.1, 0.15) is 15.9 Å². The van der Waals surface area contributed by atoms with Crippen LogP contribution in [0.15, 0.2) is 66.7 Å². The first kappa shape index (κ1) is 21.1. The van der Waals surface area contributed by atoms with Crippen molar-refractivity contribution in [2.24, 2.45) is 0 Å². The molecule has 0 aliphatic carbocycles. The molecule has 0 aliphatic heterocycles. The van der Waals surface area contributed by atoms with Crippen molar-refractivity contribution in [1.29, 1.82) is 0 Å². The van der Waals surface area contributed by atoms with Crippen LogP contribution in [0.2, 0.25) is 10.0 Å². The SMILES string of the molecule is COC(=O)[C@@H](Cc1c(Cl)cccc1Cl)NC(=O)c1c2ccccc2nc2ccccc12. The van der Waals surface area contributed by atoms with E-state index in [1.807, 2.05) is 48.5 Å². The summed E-state index contributed by atoms with van der Waals surface area (Å²) in [4.78, 5) is 30.6. The Hall–Kier alpha value is -3.15. The monoisotopic (exact) mass is 452 g/mol. The standard InChI is InChI=1S/C24H18Cl2N2O3/c1-31-24(30)21(13-16-17(25)9-6-10-18(16)26)28-23(29)22-14-7-2-4-11-19(14)27-20-12-5-3-8-15(20)22/h2-12,21H,13H2,1H3,(H,28,29)/t21-/m1/s1. The summed E-state index contributed by atoms with van der Waals surface area (Å²) in [6.07, 6.45) is 0.0951. The smallest absolute Gasteiger partial charge is 0.328 e. The molecule has 1 heterocycles. The lowest BCUT2D eigenvalue weighted by molar-refractivity contribution is -0.142. The highest BCUT2D eigenvalue weighted by Crippen LogP contribution is 2.28. The van der Waals surface area contributed by atoms with Gasteiger partial charge in [-0.1, -0.05) is 65.7 Å². The third-order valence-corrected chi connectivity index (χ3v) is 5.78. The van der Waals surface area contributed by atoms with Crippen LogP contribution >= 0.6 is 23.2 Å². The molecule has 5 nitrogen and oxygen atoms in total. The van der Waals surface area contributed by atoms with E-state index < -0.39 is 17.9 Å². The van der Waals surface area contributed by atoms with Crippen LogP contribution in [0.5, 0.6) is 0 Å². The normalized spacial score (nSPS) is 12.0. The fourth-order valence-corrected chi connectivity index (χ4v) is 4.13. The predicted molar refractivity (Wildman–Crippen MR) is 123 cm³/mol. The van der Waals surface area contributed by atoms with E-state index >= 15 is 0 Å². The molecule has 1 atom stereocenters. The van der Waals surface area contributed by atoms with Gasteiger partial charge in [0.1, 0.15) is 6.04 Å². The minimum Gasteiger partial charge on any atom is -0.467 e. The number of amides is 1. The van der Waals surface area contributed by atoms with Gasteiger partial charge >= 0.3 is 5.97 Å². The Morgan fingerprint density at radius 3 is 2.00 bits per heavy atom. The van der Waals surface area contributed by atoms with Gasteiger partial charge in [0.25, 0.3) is 5.91 Å². The zero-order valence-electron chi connectivity index (χ0n) is 16.6. The fraction of sp³-hybridized carbons (Fsp3) is 0.125. The Bertz CT molecular complexity index is 1230.